The largest absolute Gasteiger partial charge is 0.497 e. The van der Waals surface area contributed by atoms with Crippen LogP contribution in [0.1, 0.15) is 30.5 Å². The van der Waals surface area contributed by atoms with Crippen molar-refractivity contribution < 1.29 is 9.53 Å². The van der Waals surface area contributed by atoms with E-state index in [1.54, 1.807) is 18.4 Å². The van der Waals surface area contributed by atoms with E-state index >= 15 is 0 Å². The Hall–Kier alpha value is -3.39. The van der Waals surface area contributed by atoms with Gasteiger partial charge in [0, 0.05) is 25.6 Å². The number of fused-ring (bicyclic) bond motifs is 1. The quantitative estimate of drug-likeness (QED) is 0.426. The molecular formula is C26H29N5O2S. The van der Waals surface area contributed by atoms with Gasteiger partial charge < -0.3 is 15.0 Å². The fourth-order valence-corrected chi connectivity index (χ4v) is 5.42. The number of methoxy groups -OCH3 is 1. The maximum Gasteiger partial charge on any atom is 0.220 e. The third-order valence-corrected chi connectivity index (χ3v) is 7.52. The molecule has 34 heavy (non-hydrogen) atoms. The molecule has 8 heteroatoms. The minimum absolute atomic E-state index is 0.137. The van der Waals surface area contributed by atoms with Crippen LogP contribution < -0.4 is 15.0 Å². The summed E-state index contributed by atoms with van der Waals surface area (Å²) in [6.07, 6.45) is 3.16. The molecule has 3 heterocycles. The summed E-state index contributed by atoms with van der Waals surface area (Å²) in [6, 6.07) is 18.3. The van der Waals surface area contributed by atoms with Crippen molar-refractivity contribution >= 4 is 32.7 Å². The van der Waals surface area contributed by atoms with Gasteiger partial charge in [0.15, 0.2) is 10.8 Å². The van der Waals surface area contributed by atoms with Gasteiger partial charge in [-0.25, -0.2) is 4.68 Å². The smallest absolute Gasteiger partial charge is 0.220 e. The fraction of sp³-hybridized carbons (Fsp3) is 0.346. The lowest BCUT2D eigenvalue weighted by molar-refractivity contribution is -0.121. The van der Waals surface area contributed by atoms with E-state index in [1.165, 1.54) is 5.56 Å². The van der Waals surface area contributed by atoms with E-state index in [0.717, 1.165) is 65.0 Å². The third-order valence-electron chi connectivity index (χ3n) is 6.31. The van der Waals surface area contributed by atoms with E-state index in [-0.39, 0.29) is 11.9 Å². The Morgan fingerprint density at radius 1 is 1.12 bits per heavy atom. The van der Waals surface area contributed by atoms with Crippen LogP contribution in [0.5, 0.6) is 5.75 Å². The molecule has 1 aliphatic heterocycles. The number of rotatable bonds is 7. The van der Waals surface area contributed by atoms with E-state index in [1.807, 2.05) is 54.1 Å². The van der Waals surface area contributed by atoms with Gasteiger partial charge in [0.1, 0.15) is 5.75 Å². The molecule has 176 valence electrons. The monoisotopic (exact) mass is 475 g/mol. The van der Waals surface area contributed by atoms with Gasteiger partial charge in [0.05, 0.1) is 23.2 Å². The van der Waals surface area contributed by atoms with Gasteiger partial charge in [-0.2, -0.15) is 10.1 Å². The number of hydrogen-bond donors (Lipinski definition) is 1. The average molecular weight is 476 g/mol. The maximum atomic E-state index is 12.4. The summed E-state index contributed by atoms with van der Waals surface area (Å²) in [5, 5.41) is 8.95. The number of carbonyl (C=O) groups excluding carboxylic acids is 1. The number of benzene rings is 2. The van der Waals surface area contributed by atoms with Crippen LogP contribution in [0.4, 0.5) is 5.13 Å². The normalized spacial score (nSPS) is 14.5. The van der Waals surface area contributed by atoms with E-state index in [4.69, 9.17) is 14.8 Å². The first kappa shape index (κ1) is 22.4. The van der Waals surface area contributed by atoms with Crippen LogP contribution in [-0.4, -0.2) is 46.9 Å². The van der Waals surface area contributed by atoms with Crippen molar-refractivity contribution in [1.82, 2.24) is 20.1 Å². The first-order valence-electron chi connectivity index (χ1n) is 11.7. The minimum atomic E-state index is 0.137. The van der Waals surface area contributed by atoms with Crippen molar-refractivity contribution in [3.05, 3.63) is 65.9 Å². The zero-order valence-corrected chi connectivity index (χ0v) is 20.3. The highest BCUT2D eigenvalue weighted by Gasteiger charge is 2.24. The molecule has 7 nitrogen and oxygen atoms in total. The Kier molecular flexibility index (Phi) is 6.49. The third kappa shape index (κ3) is 4.77. The van der Waals surface area contributed by atoms with Gasteiger partial charge in [-0.1, -0.05) is 41.7 Å². The summed E-state index contributed by atoms with van der Waals surface area (Å²) in [5.41, 5.74) is 4.04. The molecule has 0 unspecified atom stereocenters. The molecule has 0 spiro atoms. The molecule has 1 amide bonds. The van der Waals surface area contributed by atoms with Crippen LogP contribution in [0.2, 0.25) is 0 Å². The fourth-order valence-electron chi connectivity index (χ4n) is 4.38. The van der Waals surface area contributed by atoms with E-state index < -0.39 is 0 Å². The van der Waals surface area contributed by atoms with Gasteiger partial charge in [0.2, 0.25) is 5.91 Å². The standard InChI is InChI=1S/C26H29N5O2S/c1-18-24-25(31(29-18)21-9-11-22(33-2)12-10-21)28-26(34-24)30-16-14-20(15-17-30)27-23(32)13-8-19-6-4-3-5-7-19/h3-7,9-12,20H,8,13-17H2,1-2H3,(H,27,32). The van der Waals surface area contributed by atoms with Crippen molar-refractivity contribution in [3.8, 4) is 11.4 Å². The molecule has 0 atom stereocenters. The summed E-state index contributed by atoms with van der Waals surface area (Å²) >= 11 is 1.69. The summed E-state index contributed by atoms with van der Waals surface area (Å²) in [6.45, 7) is 3.80. The van der Waals surface area contributed by atoms with Crippen LogP contribution in [-0.2, 0) is 11.2 Å². The lowest BCUT2D eigenvalue weighted by Gasteiger charge is -2.32. The number of piperidine rings is 1. The number of thiazole rings is 1. The molecule has 4 aromatic rings. The highest BCUT2D eigenvalue weighted by molar-refractivity contribution is 7.22. The average Bonchev–Trinajstić information content (AvgIpc) is 3.44. The highest BCUT2D eigenvalue weighted by Crippen LogP contribution is 2.34. The predicted octanol–water partition coefficient (Wildman–Crippen LogP) is 4.52. The number of amides is 1. The molecule has 1 N–H and O–H groups in total. The predicted molar refractivity (Wildman–Crippen MR) is 136 cm³/mol. The van der Waals surface area contributed by atoms with Crippen LogP contribution in [0.15, 0.2) is 54.6 Å². The summed E-state index contributed by atoms with van der Waals surface area (Å²) in [5.74, 6) is 0.954. The molecule has 0 bridgehead atoms. The highest BCUT2D eigenvalue weighted by atomic mass is 32.1. The Bertz CT molecular complexity index is 1260. The summed E-state index contributed by atoms with van der Waals surface area (Å²) in [4.78, 5) is 19.7. The molecular weight excluding hydrogens is 446 g/mol. The van der Waals surface area contributed by atoms with E-state index in [2.05, 4.69) is 22.3 Å². The molecule has 0 aliphatic carbocycles. The second-order valence-corrected chi connectivity index (χ2v) is 9.64. The van der Waals surface area contributed by atoms with Crippen molar-refractivity contribution in [3.63, 3.8) is 0 Å². The Balaban J connectivity index is 1.20. The Morgan fingerprint density at radius 2 is 1.85 bits per heavy atom. The van der Waals surface area contributed by atoms with Gasteiger partial charge in [-0.15, -0.1) is 0 Å². The number of aromatic nitrogens is 3. The summed E-state index contributed by atoms with van der Waals surface area (Å²) in [7, 11) is 1.66. The Labute approximate surface area is 203 Å². The molecule has 1 aliphatic rings. The zero-order valence-electron chi connectivity index (χ0n) is 19.5. The van der Waals surface area contributed by atoms with Crippen molar-refractivity contribution in [1.29, 1.82) is 0 Å². The number of ether oxygens (including phenoxy) is 1. The number of nitrogens with zero attached hydrogens (tertiary/aromatic N) is 4. The van der Waals surface area contributed by atoms with Crippen molar-refractivity contribution in [2.24, 2.45) is 0 Å². The molecule has 1 saturated heterocycles. The van der Waals surface area contributed by atoms with Crippen LogP contribution in [0.3, 0.4) is 0 Å². The zero-order chi connectivity index (χ0) is 23.5. The van der Waals surface area contributed by atoms with E-state index in [0.29, 0.717) is 6.42 Å². The number of carbonyl (C=O) groups is 1. The lowest BCUT2D eigenvalue weighted by atomic mass is 10.0. The number of aryl methyl sites for hydroxylation is 2. The maximum absolute atomic E-state index is 12.4. The second kappa shape index (κ2) is 9.85. The first-order chi connectivity index (χ1) is 16.6. The second-order valence-electron chi connectivity index (χ2n) is 8.66. The number of hydrogen-bond acceptors (Lipinski definition) is 6. The van der Waals surface area contributed by atoms with Gasteiger partial charge in [-0.3, -0.25) is 4.79 Å². The van der Waals surface area contributed by atoms with Crippen molar-refractivity contribution in [2.75, 3.05) is 25.1 Å². The molecule has 2 aromatic heterocycles. The first-order valence-corrected chi connectivity index (χ1v) is 12.5. The molecule has 5 rings (SSSR count). The molecule has 0 saturated carbocycles. The van der Waals surface area contributed by atoms with Crippen LogP contribution in [0, 0.1) is 6.92 Å². The van der Waals surface area contributed by atoms with E-state index in [9.17, 15) is 4.79 Å². The minimum Gasteiger partial charge on any atom is -0.497 e. The SMILES string of the molecule is COc1ccc(-n2nc(C)c3sc(N4CCC(NC(=O)CCc5ccccc5)CC4)nc32)cc1. The van der Waals surface area contributed by atoms with Gasteiger partial charge >= 0.3 is 0 Å². The van der Waals surface area contributed by atoms with Gasteiger partial charge in [-0.05, 0) is 56.0 Å². The number of anilines is 1. The lowest BCUT2D eigenvalue weighted by Crippen LogP contribution is -2.44. The summed E-state index contributed by atoms with van der Waals surface area (Å²) < 4.78 is 8.29. The molecule has 1 fully saturated rings. The topological polar surface area (TPSA) is 72.3 Å². The van der Waals surface area contributed by atoms with Crippen LogP contribution in [0.25, 0.3) is 16.0 Å². The Morgan fingerprint density at radius 3 is 2.56 bits per heavy atom. The number of nitrogens with one attached hydrogen (secondary N) is 1. The molecule has 0 radical (unpaired) electrons. The molecule has 2 aromatic carbocycles. The van der Waals surface area contributed by atoms with Gasteiger partial charge in [0.25, 0.3) is 0 Å². The van der Waals surface area contributed by atoms with Crippen molar-refractivity contribution in [2.45, 2.75) is 38.6 Å². The van der Waals surface area contributed by atoms with Crippen LogP contribution >= 0.6 is 11.3 Å².